The lowest BCUT2D eigenvalue weighted by Crippen LogP contribution is -2.32. The molecule has 0 atom stereocenters. The Hall–Kier alpha value is -0.340. The molecule has 0 spiro atoms. The van der Waals surface area contributed by atoms with Crippen LogP contribution in [0.4, 0.5) is 0 Å². The Morgan fingerprint density at radius 3 is 2.19 bits per heavy atom. The smallest absolute Gasteiger partial charge is 0.0517 e. The van der Waals surface area contributed by atoms with Crippen molar-refractivity contribution < 1.29 is 0 Å². The summed E-state index contributed by atoms with van der Waals surface area (Å²) in [6, 6.07) is 9.00. The molecule has 0 fully saturated rings. The molecule has 0 bridgehead atoms. The molecule has 2 heteroatoms. The molecule has 1 rings (SSSR count). The van der Waals surface area contributed by atoms with Gasteiger partial charge in [-0.3, -0.25) is 0 Å². The van der Waals surface area contributed by atoms with Crippen LogP contribution in [0.1, 0.15) is 44.7 Å². The van der Waals surface area contributed by atoms with E-state index in [1.807, 2.05) is 0 Å². The van der Waals surface area contributed by atoms with Gasteiger partial charge in [0.25, 0.3) is 0 Å². The van der Waals surface area contributed by atoms with E-state index >= 15 is 0 Å². The fourth-order valence-electron chi connectivity index (χ4n) is 1.78. The van der Waals surface area contributed by atoms with Crippen LogP contribution in [0, 0.1) is 0 Å². The van der Waals surface area contributed by atoms with Gasteiger partial charge in [-0.1, -0.05) is 67.9 Å². The zero-order valence-electron chi connectivity index (χ0n) is 10.7. The molecule has 0 unspecified atom stereocenters. The Morgan fingerprint density at radius 2 is 1.75 bits per heavy atom. The van der Waals surface area contributed by atoms with E-state index in [2.05, 4.69) is 73.2 Å². The quantitative estimate of drug-likeness (QED) is 0.636. The van der Waals surface area contributed by atoms with Crippen LogP contribution < -0.4 is 5.32 Å². The van der Waals surface area contributed by atoms with Crippen LogP contribution in [0.3, 0.4) is 0 Å². The van der Waals surface area contributed by atoms with Crippen LogP contribution in [0.2, 0.25) is 0 Å². The first kappa shape index (κ1) is 13.7. The maximum Gasteiger partial charge on any atom is 0.0517 e. The van der Waals surface area contributed by atoms with Gasteiger partial charge in [0, 0.05) is 12.0 Å². The maximum atomic E-state index is 3.39. The first-order valence-electron chi connectivity index (χ1n) is 5.84. The van der Waals surface area contributed by atoms with Crippen LogP contribution in [0.5, 0.6) is 0 Å². The van der Waals surface area contributed by atoms with Crippen molar-refractivity contribution in [2.75, 3.05) is 12.0 Å². The Balaban J connectivity index is 2.79. The molecule has 0 radical (unpaired) electrons. The molecule has 0 amide bonds. The molecule has 1 aromatic rings. The lowest BCUT2D eigenvalue weighted by atomic mass is 9.83. The zero-order valence-corrected chi connectivity index (χ0v) is 12.3. The van der Waals surface area contributed by atoms with Crippen LogP contribution in [-0.4, -0.2) is 12.0 Å². The van der Waals surface area contributed by atoms with E-state index in [0.717, 1.165) is 12.0 Å². The molecule has 0 aliphatic carbocycles. The Morgan fingerprint density at radius 1 is 1.19 bits per heavy atom. The van der Waals surface area contributed by atoms with Crippen LogP contribution in [0.15, 0.2) is 24.3 Å². The highest BCUT2D eigenvalue weighted by molar-refractivity contribution is 9.09. The molecule has 1 N–H and O–H groups in total. The minimum absolute atomic E-state index is 0.184. The average molecular weight is 284 g/mol. The number of halogens is 1. The maximum absolute atomic E-state index is 3.39. The van der Waals surface area contributed by atoms with Crippen molar-refractivity contribution in [1.82, 2.24) is 5.32 Å². The van der Waals surface area contributed by atoms with Crippen molar-refractivity contribution in [3.05, 3.63) is 35.4 Å². The SMILES string of the molecule is CC(C)c1ccc(C(C)(C)CNCBr)cc1. The zero-order chi connectivity index (χ0) is 12.2. The molecular weight excluding hydrogens is 262 g/mol. The van der Waals surface area contributed by atoms with E-state index in [-0.39, 0.29) is 5.41 Å². The standard InChI is InChI=1S/C14H22BrN/c1-11(2)12-5-7-13(8-6-12)14(3,4)9-16-10-15/h5-8,11,16H,9-10H2,1-4H3. The van der Waals surface area contributed by atoms with Gasteiger partial charge in [-0.25, -0.2) is 0 Å². The second-order valence-electron chi connectivity index (χ2n) is 5.22. The van der Waals surface area contributed by atoms with Gasteiger partial charge in [-0.05, 0) is 17.0 Å². The average Bonchev–Trinajstić information content (AvgIpc) is 2.26. The summed E-state index contributed by atoms with van der Waals surface area (Å²) >= 11 is 3.39. The Bertz CT molecular complexity index is 314. The van der Waals surface area contributed by atoms with Gasteiger partial charge >= 0.3 is 0 Å². The number of rotatable bonds is 5. The van der Waals surface area contributed by atoms with Crippen molar-refractivity contribution in [3.63, 3.8) is 0 Å². The Labute approximate surface area is 108 Å². The first-order valence-corrected chi connectivity index (χ1v) is 6.96. The molecule has 16 heavy (non-hydrogen) atoms. The number of nitrogens with one attached hydrogen (secondary N) is 1. The topological polar surface area (TPSA) is 12.0 Å². The molecule has 0 aliphatic rings. The third-order valence-corrected chi connectivity index (χ3v) is 3.42. The molecule has 0 aromatic heterocycles. The normalized spacial score (nSPS) is 12.1. The van der Waals surface area contributed by atoms with Crippen molar-refractivity contribution >= 4 is 15.9 Å². The molecular formula is C14H22BrN. The van der Waals surface area contributed by atoms with Crippen molar-refractivity contribution in [2.24, 2.45) is 0 Å². The summed E-state index contributed by atoms with van der Waals surface area (Å²) in [5.74, 6) is 0.609. The third-order valence-electron chi connectivity index (χ3n) is 3.02. The van der Waals surface area contributed by atoms with Gasteiger partial charge in [0.15, 0.2) is 0 Å². The highest BCUT2D eigenvalue weighted by Crippen LogP contribution is 2.24. The van der Waals surface area contributed by atoms with E-state index in [4.69, 9.17) is 0 Å². The molecule has 0 saturated carbocycles. The number of hydrogen-bond donors (Lipinski definition) is 1. The fourth-order valence-corrected chi connectivity index (χ4v) is 1.98. The van der Waals surface area contributed by atoms with Crippen LogP contribution in [-0.2, 0) is 5.41 Å². The van der Waals surface area contributed by atoms with E-state index in [1.165, 1.54) is 11.1 Å². The second-order valence-corrected chi connectivity index (χ2v) is 5.78. The molecule has 1 nitrogen and oxygen atoms in total. The van der Waals surface area contributed by atoms with Gasteiger partial charge < -0.3 is 5.32 Å². The predicted octanol–water partition coefficient (Wildman–Crippen LogP) is 4.03. The first-order chi connectivity index (χ1) is 7.47. The summed E-state index contributed by atoms with van der Waals surface area (Å²) in [4.78, 5) is 0. The highest BCUT2D eigenvalue weighted by atomic mass is 79.9. The largest absolute Gasteiger partial charge is 0.306 e. The number of benzene rings is 1. The summed E-state index contributed by atoms with van der Waals surface area (Å²) in [6.45, 7) is 9.98. The molecule has 90 valence electrons. The molecule has 0 saturated heterocycles. The minimum atomic E-state index is 0.184. The van der Waals surface area contributed by atoms with Gasteiger partial charge in [-0.15, -0.1) is 0 Å². The minimum Gasteiger partial charge on any atom is -0.306 e. The number of hydrogen-bond acceptors (Lipinski definition) is 1. The van der Waals surface area contributed by atoms with Gasteiger partial charge in [0.2, 0.25) is 0 Å². The fraction of sp³-hybridized carbons (Fsp3) is 0.571. The summed E-state index contributed by atoms with van der Waals surface area (Å²) in [7, 11) is 0. The third kappa shape index (κ3) is 3.60. The molecule has 0 heterocycles. The second kappa shape index (κ2) is 5.83. The lowest BCUT2D eigenvalue weighted by molar-refractivity contribution is 0.491. The van der Waals surface area contributed by atoms with E-state index in [1.54, 1.807) is 0 Å². The summed E-state index contributed by atoms with van der Waals surface area (Å²) < 4.78 is 0. The van der Waals surface area contributed by atoms with E-state index in [0.29, 0.717) is 5.92 Å². The molecule has 0 aliphatic heterocycles. The van der Waals surface area contributed by atoms with E-state index in [9.17, 15) is 0 Å². The summed E-state index contributed by atoms with van der Waals surface area (Å²) in [6.07, 6.45) is 0. The van der Waals surface area contributed by atoms with Gasteiger partial charge in [0.05, 0.1) is 5.45 Å². The highest BCUT2D eigenvalue weighted by Gasteiger charge is 2.19. The van der Waals surface area contributed by atoms with Crippen molar-refractivity contribution in [1.29, 1.82) is 0 Å². The molecule has 1 aromatic carbocycles. The van der Waals surface area contributed by atoms with E-state index < -0.39 is 0 Å². The van der Waals surface area contributed by atoms with Crippen LogP contribution in [0.25, 0.3) is 0 Å². The summed E-state index contributed by atoms with van der Waals surface area (Å²) in [5.41, 5.74) is 3.84. The van der Waals surface area contributed by atoms with Gasteiger partial charge in [-0.2, -0.15) is 0 Å². The van der Waals surface area contributed by atoms with Crippen molar-refractivity contribution in [3.8, 4) is 0 Å². The Kier molecular flexibility index (Phi) is 5.00. The lowest BCUT2D eigenvalue weighted by Gasteiger charge is -2.25. The van der Waals surface area contributed by atoms with Gasteiger partial charge in [0.1, 0.15) is 0 Å². The predicted molar refractivity (Wildman–Crippen MR) is 75.4 cm³/mol. The number of alkyl halides is 1. The monoisotopic (exact) mass is 283 g/mol. The summed E-state index contributed by atoms with van der Waals surface area (Å²) in [5, 5.41) is 3.34. The van der Waals surface area contributed by atoms with Crippen LogP contribution >= 0.6 is 15.9 Å². The van der Waals surface area contributed by atoms with Crippen molar-refractivity contribution in [2.45, 2.75) is 39.0 Å².